The fourth-order valence-electron chi connectivity index (χ4n) is 1.53. The number of amides is 1. The van der Waals surface area contributed by atoms with Gasteiger partial charge in [0.05, 0.1) is 6.04 Å². The van der Waals surface area contributed by atoms with E-state index < -0.39 is 26.7 Å². The zero-order valence-electron chi connectivity index (χ0n) is 13.2. The van der Waals surface area contributed by atoms with Crippen molar-refractivity contribution in [3.63, 3.8) is 0 Å². The molecule has 0 atom stereocenters. The quantitative estimate of drug-likeness (QED) is 0.396. The molecule has 8 nitrogen and oxygen atoms in total. The van der Waals surface area contributed by atoms with Crippen LogP contribution in [0.15, 0.2) is 12.2 Å². The lowest BCUT2D eigenvalue weighted by molar-refractivity contribution is -0.147. The van der Waals surface area contributed by atoms with Crippen LogP contribution in [0.2, 0.25) is 6.04 Å². The van der Waals surface area contributed by atoms with Crippen molar-refractivity contribution in [1.82, 2.24) is 5.32 Å². The predicted molar refractivity (Wildman–Crippen MR) is 78.3 cm³/mol. The van der Waals surface area contributed by atoms with Crippen LogP contribution in [-0.4, -0.2) is 39.2 Å². The second-order valence-corrected chi connectivity index (χ2v) is 7.08. The van der Waals surface area contributed by atoms with Gasteiger partial charge in [0, 0.05) is 32.9 Å². The first-order chi connectivity index (χ1) is 10.1. The Labute approximate surface area is 130 Å². The van der Waals surface area contributed by atoms with E-state index in [0.29, 0.717) is 12.0 Å². The molecule has 0 saturated heterocycles. The molecule has 0 heterocycles. The molecule has 0 rings (SSSR count). The minimum absolute atomic E-state index is 0.0161. The largest absolute Gasteiger partial charge is 0.705 e. The van der Waals surface area contributed by atoms with E-state index in [1.54, 1.807) is 6.92 Å². The van der Waals surface area contributed by atoms with E-state index in [2.05, 4.69) is 11.9 Å². The Balaban J connectivity index is 4.84. The van der Waals surface area contributed by atoms with Gasteiger partial charge in [-0.05, 0) is 13.3 Å². The highest BCUT2D eigenvalue weighted by Gasteiger charge is 2.51. The highest BCUT2D eigenvalue weighted by atomic mass is 28.4. The van der Waals surface area contributed by atoms with Crippen LogP contribution in [0.4, 0.5) is 0 Å². The number of carbonyl (C=O) groups is 4. The van der Waals surface area contributed by atoms with E-state index in [0.717, 1.165) is 20.8 Å². The van der Waals surface area contributed by atoms with Gasteiger partial charge in [-0.1, -0.05) is 6.58 Å². The number of hydrogen-bond acceptors (Lipinski definition) is 7. The van der Waals surface area contributed by atoms with Crippen molar-refractivity contribution < 1.29 is 32.5 Å². The van der Waals surface area contributed by atoms with Crippen molar-refractivity contribution in [2.24, 2.45) is 0 Å². The van der Waals surface area contributed by atoms with Crippen LogP contribution in [0.25, 0.3) is 0 Å². The molecule has 22 heavy (non-hydrogen) atoms. The van der Waals surface area contributed by atoms with Gasteiger partial charge in [-0.2, -0.15) is 0 Å². The maximum absolute atomic E-state index is 11.3. The van der Waals surface area contributed by atoms with Gasteiger partial charge < -0.3 is 18.6 Å². The highest BCUT2D eigenvalue weighted by molar-refractivity contribution is 6.65. The van der Waals surface area contributed by atoms with Crippen molar-refractivity contribution in [3.05, 3.63) is 12.2 Å². The summed E-state index contributed by atoms with van der Waals surface area (Å²) in [6, 6.07) is 0.0161. The fourth-order valence-corrected chi connectivity index (χ4v) is 3.89. The van der Waals surface area contributed by atoms with E-state index in [4.69, 9.17) is 13.3 Å². The first-order valence-electron chi connectivity index (χ1n) is 6.60. The van der Waals surface area contributed by atoms with Gasteiger partial charge in [0.2, 0.25) is 5.91 Å². The van der Waals surface area contributed by atoms with E-state index in [1.165, 1.54) is 0 Å². The van der Waals surface area contributed by atoms with Crippen LogP contribution >= 0.6 is 0 Å². The summed E-state index contributed by atoms with van der Waals surface area (Å²) in [7, 11) is -3.81. The monoisotopic (exact) mass is 331 g/mol. The average molecular weight is 331 g/mol. The molecule has 9 heteroatoms. The Kier molecular flexibility index (Phi) is 8.10. The topological polar surface area (TPSA) is 108 Å². The van der Waals surface area contributed by atoms with Crippen molar-refractivity contribution in [1.29, 1.82) is 0 Å². The number of rotatable bonds is 8. The summed E-state index contributed by atoms with van der Waals surface area (Å²) in [5.74, 6) is -2.49. The van der Waals surface area contributed by atoms with Crippen LogP contribution in [0.3, 0.4) is 0 Å². The van der Waals surface area contributed by atoms with Crippen LogP contribution in [0, 0.1) is 0 Å². The van der Waals surface area contributed by atoms with Crippen LogP contribution in [0.5, 0.6) is 0 Å². The molecule has 0 aliphatic carbocycles. The molecule has 1 amide bonds. The zero-order valence-corrected chi connectivity index (χ0v) is 14.2. The molecule has 0 fully saturated rings. The molecule has 0 aliphatic heterocycles. The SMILES string of the molecule is C=C(C)C(=O)NCCC[Si](OC(C)=O)(OC(C)=O)OC(C)=O. The molecule has 1 N–H and O–H groups in total. The summed E-state index contributed by atoms with van der Waals surface area (Å²) < 4.78 is 15.0. The lowest BCUT2D eigenvalue weighted by atomic mass is 10.3. The highest BCUT2D eigenvalue weighted by Crippen LogP contribution is 2.19. The molecule has 0 aliphatic rings. The molecule has 0 aromatic carbocycles. The van der Waals surface area contributed by atoms with E-state index in [-0.39, 0.29) is 18.5 Å². The van der Waals surface area contributed by atoms with Crippen molar-refractivity contribution in [2.75, 3.05) is 6.54 Å². The third kappa shape index (κ3) is 8.20. The summed E-state index contributed by atoms with van der Waals surface area (Å²) in [4.78, 5) is 44.9. The molecule has 0 aromatic heterocycles. The van der Waals surface area contributed by atoms with E-state index >= 15 is 0 Å². The molecular weight excluding hydrogens is 310 g/mol. The Hall–Kier alpha value is -2.16. The van der Waals surface area contributed by atoms with Crippen molar-refractivity contribution in [3.8, 4) is 0 Å². The minimum Gasteiger partial charge on any atom is -0.455 e. The van der Waals surface area contributed by atoms with Crippen LogP contribution in [0.1, 0.15) is 34.1 Å². The molecule has 0 aromatic rings. The Morgan fingerprint density at radius 1 is 0.909 bits per heavy atom. The van der Waals surface area contributed by atoms with Gasteiger partial charge >= 0.3 is 8.80 Å². The van der Waals surface area contributed by atoms with Gasteiger partial charge in [-0.3, -0.25) is 19.2 Å². The van der Waals surface area contributed by atoms with Gasteiger partial charge in [0.1, 0.15) is 0 Å². The maximum Gasteiger partial charge on any atom is 0.705 e. The zero-order chi connectivity index (χ0) is 17.3. The van der Waals surface area contributed by atoms with Crippen molar-refractivity contribution >= 4 is 32.6 Å². The van der Waals surface area contributed by atoms with Crippen LogP contribution in [-0.2, 0) is 32.5 Å². The van der Waals surface area contributed by atoms with Gasteiger partial charge in [0.15, 0.2) is 0 Å². The van der Waals surface area contributed by atoms with Gasteiger partial charge in [-0.25, -0.2) is 0 Å². The summed E-state index contributed by atoms with van der Waals surface area (Å²) in [5, 5.41) is 2.58. The molecular formula is C13H21NO7Si. The normalized spacial score (nSPS) is 10.4. The number of hydrogen-bond donors (Lipinski definition) is 1. The Bertz CT molecular complexity index is 434. The predicted octanol–water partition coefficient (Wildman–Crippen LogP) is 0.697. The van der Waals surface area contributed by atoms with Crippen molar-refractivity contribution in [2.45, 2.75) is 40.2 Å². The molecule has 0 saturated carbocycles. The molecule has 124 valence electrons. The molecule has 0 unspecified atom stereocenters. The Morgan fingerprint density at radius 2 is 1.32 bits per heavy atom. The molecule has 0 spiro atoms. The van der Waals surface area contributed by atoms with E-state index in [1.807, 2.05) is 0 Å². The lowest BCUT2D eigenvalue weighted by Crippen LogP contribution is -2.49. The maximum atomic E-state index is 11.3. The second kappa shape index (κ2) is 8.98. The Morgan fingerprint density at radius 3 is 1.64 bits per heavy atom. The number of nitrogens with one attached hydrogen (secondary N) is 1. The van der Waals surface area contributed by atoms with E-state index in [9.17, 15) is 19.2 Å². The van der Waals surface area contributed by atoms with Crippen LogP contribution < -0.4 is 5.32 Å². The minimum atomic E-state index is -3.81. The molecule has 0 radical (unpaired) electrons. The third-order valence-corrected chi connectivity index (χ3v) is 4.99. The lowest BCUT2D eigenvalue weighted by Gasteiger charge is -2.26. The first-order valence-corrected chi connectivity index (χ1v) is 8.53. The first kappa shape index (κ1) is 19.8. The third-order valence-electron chi connectivity index (χ3n) is 2.23. The summed E-state index contributed by atoms with van der Waals surface area (Å²) >= 11 is 0. The average Bonchev–Trinajstić information content (AvgIpc) is 2.31. The summed E-state index contributed by atoms with van der Waals surface area (Å²) in [6.45, 7) is 8.64. The molecule has 0 bridgehead atoms. The number of carbonyl (C=O) groups excluding carboxylic acids is 4. The fraction of sp³-hybridized carbons (Fsp3) is 0.538. The van der Waals surface area contributed by atoms with Gasteiger partial charge in [0.25, 0.3) is 17.9 Å². The summed E-state index contributed by atoms with van der Waals surface area (Å²) in [5.41, 5.74) is 0.350. The smallest absolute Gasteiger partial charge is 0.455 e. The standard InChI is InChI=1S/C13H21NO7Si/c1-9(2)13(18)14-7-6-8-22(19-10(3)15,20-11(4)16)21-12(5)17/h1,6-8H2,2-5H3,(H,14,18). The summed E-state index contributed by atoms with van der Waals surface area (Å²) in [6.07, 6.45) is 0.291. The van der Waals surface area contributed by atoms with Gasteiger partial charge in [-0.15, -0.1) is 0 Å². The second-order valence-electron chi connectivity index (χ2n) is 4.60.